The van der Waals surface area contributed by atoms with Gasteiger partial charge in [-0.1, -0.05) is 26.5 Å². The lowest BCUT2D eigenvalue weighted by Crippen LogP contribution is -2.55. The second-order valence-electron chi connectivity index (χ2n) is 5.90. The van der Waals surface area contributed by atoms with Crippen LogP contribution >= 0.6 is 22.6 Å². The highest BCUT2D eigenvalue weighted by molar-refractivity contribution is 14.1. The summed E-state index contributed by atoms with van der Waals surface area (Å²) in [5.41, 5.74) is 0. The van der Waals surface area contributed by atoms with E-state index in [1.807, 2.05) is 0 Å². The molecule has 2 unspecified atom stereocenters. The van der Waals surface area contributed by atoms with E-state index in [-0.39, 0.29) is 6.61 Å². The number of hydrogen-bond donors (Lipinski definition) is 0. The fourth-order valence-corrected chi connectivity index (χ4v) is 3.09. The molecule has 0 aliphatic heterocycles. The van der Waals surface area contributed by atoms with Crippen LogP contribution in [-0.4, -0.2) is 60.9 Å². The molecular weight excluding hydrogens is 610 g/mol. The van der Waals surface area contributed by atoms with Crippen molar-refractivity contribution < 1.29 is 71.2 Å². The summed E-state index contributed by atoms with van der Waals surface area (Å²) in [5.74, 6) is -10.7. The number of halogens is 10. The minimum Gasteiger partial charge on any atom is -0.466 e. The summed E-state index contributed by atoms with van der Waals surface area (Å²) in [4.78, 5) is 23.4. The molecule has 0 rings (SSSR count). The van der Waals surface area contributed by atoms with Crippen molar-refractivity contribution in [2.24, 2.45) is 5.92 Å². The summed E-state index contributed by atoms with van der Waals surface area (Å²) in [7, 11) is -7.57. The molecule has 0 heterocycles. The van der Waals surface area contributed by atoms with Crippen molar-refractivity contribution in [3.63, 3.8) is 0 Å². The van der Waals surface area contributed by atoms with Gasteiger partial charge in [-0.05, 0) is 20.3 Å². The van der Waals surface area contributed by atoms with Crippen LogP contribution in [-0.2, 0) is 34.0 Å². The molecule has 0 aromatic rings. The molecule has 0 spiro atoms. The summed E-state index contributed by atoms with van der Waals surface area (Å²) in [6.07, 6.45) is -16.7. The summed E-state index contributed by atoms with van der Waals surface area (Å²) >= 11 is 1.31. The predicted octanol–water partition coefficient (Wildman–Crippen LogP) is 4.04. The quantitative estimate of drug-likeness (QED) is 0.100. The molecule has 18 heteroatoms. The average molecular weight is 626 g/mol. The van der Waals surface area contributed by atoms with E-state index >= 15 is 0 Å². The van der Waals surface area contributed by atoms with Gasteiger partial charge in [-0.15, -0.1) is 0 Å². The van der Waals surface area contributed by atoms with E-state index in [0.29, 0.717) is 0 Å². The van der Waals surface area contributed by atoms with Crippen molar-refractivity contribution in [1.82, 2.24) is 0 Å². The van der Waals surface area contributed by atoms with Gasteiger partial charge in [0.25, 0.3) is 0 Å². The van der Waals surface area contributed by atoms with Crippen LogP contribution in [0.5, 0.6) is 0 Å². The third-order valence-corrected chi connectivity index (χ3v) is 5.35. The lowest BCUT2D eigenvalue weighted by Gasteiger charge is -2.32. The van der Waals surface area contributed by atoms with Crippen LogP contribution in [0.15, 0.2) is 0 Å². The van der Waals surface area contributed by atoms with Gasteiger partial charge in [0.1, 0.15) is 3.92 Å². The minimum absolute atomic E-state index is 0.175. The third kappa shape index (κ3) is 7.49. The smallest absolute Gasteiger partial charge is 0.464 e. The first-order chi connectivity index (χ1) is 14.2. The van der Waals surface area contributed by atoms with Gasteiger partial charge in [0.15, 0.2) is 0 Å². The summed E-state index contributed by atoms with van der Waals surface area (Å²) in [6.45, 7) is 1.93. The fourth-order valence-electron chi connectivity index (χ4n) is 1.97. The van der Waals surface area contributed by atoms with Crippen molar-refractivity contribution in [3.8, 4) is 0 Å². The highest BCUT2D eigenvalue weighted by Crippen LogP contribution is 2.49. The van der Waals surface area contributed by atoms with Gasteiger partial charge in [0, 0.05) is 6.42 Å². The lowest BCUT2D eigenvalue weighted by molar-refractivity contribution is -0.457. The zero-order valence-corrected chi connectivity index (χ0v) is 19.0. The molecular formula is C14H16F9IO7S. The van der Waals surface area contributed by atoms with Crippen LogP contribution in [0.2, 0.25) is 0 Å². The first-order valence-corrected chi connectivity index (χ1v) is 10.9. The second-order valence-corrected chi connectivity index (χ2v) is 8.80. The topological polar surface area (TPSA) is 96.0 Å². The molecule has 2 atom stereocenters. The highest BCUT2D eigenvalue weighted by atomic mass is 127. The Bertz CT molecular complexity index is 777. The predicted molar refractivity (Wildman–Crippen MR) is 94.7 cm³/mol. The molecule has 0 fully saturated rings. The molecule has 0 aromatic heterocycles. The van der Waals surface area contributed by atoms with Crippen molar-refractivity contribution in [1.29, 1.82) is 0 Å². The molecule has 0 aromatic carbocycles. The summed E-state index contributed by atoms with van der Waals surface area (Å²) in [5, 5.41) is -6.95. The van der Waals surface area contributed by atoms with E-state index in [0.717, 1.165) is 0 Å². The summed E-state index contributed by atoms with van der Waals surface area (Å²) in [6, 6.07) is 0. The average Bonchev–Trinajstić information content (AvgIpc) is 2.59. The van der Waals surface area contributed by atoms with Crippen molar-refractivity contribution >= 4 is 44.8 Å². The van der Waals surface area contributed by atoms with Gasteiger partial charge in [0.05, 0.1) is 19.1 Å². The molecule has 0 amide bonds. The largest absolute Gasteiger partial charge is 0.466 e. The zero-order chi connectivity index (χ0) is 25.8. The van der Waals surface area contributed by atoms with E-state index < -0.39 is 74.8 Å². The SMILES string of the molecule is CCOC(=O)C(I)CC(CC(F)(F)C(F)(F)OC(F)(F)C(F)(F)S(=O)(=O)F)C(=O)OCC. The van der Waals surface area contributed by atoms with E-state index in [4.69, 9.17) is 0 Å². The van der Waals surface area contributed by atoms with Crippen molar-refractivity contribution in [2.45, 2.75) is 54.0 Å². The van der Waals surface area contributed by atoms with Crippen molar-refractivity contribution in [2.75, 3.05) is 13.2 Å². The van der Waals surface area contributed by atoms with Crippen LogP contribution < -0.4 is 0 Å². The van der Waals surface area contributed by atoms with E-state index in [9.17, 15) is 57.0 Å². The number of ether oxygens (including phenoxy) is 3. The Morgan fingerprint density at radius 2 is 1.31 bits per heavy atom. The normalized spacial score (nSPS) is 15.8. The van der Waals surface area contributed by atoms with Gasteiger partial charge >= 0.3 is 45.6 Å². The molecule has 0 saturated heterocycles. The Hall–Kier alpha value is -1.05. The number of carbonyl (C=O) groups is 2. The van der Waals surface area contributed by atoms with E-state index in [1.165, 1.54) is 36.4 Å². The fraction of sp³-hybridized carbons (Fsp3) is 0.857. The van der Waals surface area contributed by atoms with Crippen LogP contribution in [0.3, 0.4) is 0 Å². The van der Waals surface area contributed by atoms with Gasteiger partial charge in [-0.25, -0.2) is 4.74 Å². The first kappa shape index (κ1) is 30.9. The lowest BCUT2D eigenvalue weighted by atomic mass is 9.95. The standard InChI is InChI=1S/C14H16F9IO7S/c1-3-29-9(25)7(5-8(24)10(26)30-4-2)6-11(15,16)12(17,18)31-13(19,20)14(21,22)32(23,27)28/h7-8H,3-6H2,1-2H3. The molecule has 0 saturated carbocycles. The molecule has 0 radical (unpaired) electrons. The Labute approximate surface area is 189 Å². The van der Waals surface area contributed by atoms with Crippen LogP contribution in [0.4, 0.5) is 39.0 Å². The second kappa shape index (κ2) is 10.9. The summed E-state index contributed by atoms with van der Waals surface area (Å²) < 4.78 is 150. The molecule has 7 nitrogen and oxygen atoms in total. The number of hydrogen-bond acceptors (Lipinski definition) is 7. The van der Waals surface area contributed by atoms with E-state index in [1.54, 1.807) is 0 Å². The molecule has 0 bridgehead atoms. The third-order valence-electron chi connectivity index (χ3n) is 3.48. The molecule has 0 aliphatic carbocycles. The minimum atomic E-state index is -7.57. The maximum absolute atomic E-state index is 14.0. The monoisotopic (exact) mass is 626 g/mol. The van der Waals surface area contributed by atoms with E-state index in [2.05, 4.69) is 14.2 Å². The van der Waals surface area contributed by atoms with Gasteiger partial charge in [-0.3, -0.25) is 9.59 Å². The van der Waals surface area contributed by atoms with Gasteiger partial charge < -0.3 is 9.47 Å². The molecule has 32 heavy (non-hydrogen) atoms. The number of alkyl halides is 9. The number of esters is 2. The molecule has 0 N–H and O–H groups in total. The molecule has 0 aliphatic rings. The van der Waals surface area contributed by atoms with Crippen LogP contribution in [0.25, 0.3) is 0 Å². The molecule has 190 valence electrons. The zero-order valence-electron chi connectivity index (χ0n) is 16.0. The van der Waals surface area contributed by atoms with Gasteiger partial charge in [0.2, 0.25) is 0 Å². The highest BCUT2D eigenvalue weighted by Gasteiger charge is 2.74. The van der Waals surface area contributed by atoms with Gasteiger partial charge in [-0.2, -0.15) is 43.5 Å². The van der Waals surface area contributed by atoms with Crippen LogP contribution in [0.1, 0.15) is 26.7 Å². The van der Waals surface area contributed by atoms with Crippen LogP contribution in [0, 0.1) is 5.92 Å². The Morgan fingerprint density at radius 1 is 0.875 bits per heavy atom. The first-order valence-electron chi connectivity index (χ1n) is 8.29. The Kier molecular flexibility index (Phi) is 10.6. The number of carbonyl (C=O) groups excluding carboxylic acids is 2. The maximum Gasteiger partial charge on any atom is 0.464 e. The number of rotatable bonds is 13. The Morgan fingerprint density at radius 3 is 1.72 bits per heavy atom. The maximum atomic E-state index is 14.0. The van der Waals surface area contributed by atoms with Crippen molar-refractivity contribution in [3.05, 3.63) is 0 Å². The Balaban J connectivity index is 5.87.